The van der Waals surface area contributed by atoms with E-state index in [-0.39, 0.29) is 23.9 Å². The van der Waals surface area contributed by atoms with Crippen LogP contribution >= 0.6 is 0 Å². The highest BCUT2D eigenvalue weighted by atomic mass is 16.6. The van der Waals surface area contributed by atoms with E-state index >= 15 is 0 Å². The summed E-state index contributed by atoms with van der Waals surface area (Å²) in [5.41, 5.74) is 1.56. The number of carbonyl (C=O) groups excluding carboxylic acids is 1. The van der Waals surface area contributed by atoms with Crippen LogP contribution in [0.25, 0.3) is 0 Å². The van der Waals surface area contributed by atoms with Gasteiger partial charge in [0.05, 0.1) is 11.5 Å². The second-order valence-corrected chi connectivity index (χ2v) is 6.05. The molecule has 0 aromatic heterocycles. The van der Waals surface area contributed by atoms with Crippen LogP contribution in [-0.4, -0.2) is 53.6 Å². The van der Waals surface area contributed by atoms with E-state index in [0.29, 0.717) is 31.9 Å². The Morgan fingerprint density at radius 2 is 1.81 bits per heavy atom. The molecular formula is C18H20N4O4. The van der Waals surface area contributed by atoms with Crippen LogP contribution in [0.2, 0.25) is 0 Å². The predicted molar refractivity (Wildman–Crippen MR) is 98.5 cm³/mol. The van der Waals surface area contributed by atoms with Crippen LogP contribution in [0, 0.1) is 10.1 Å². The highest BCUT2D eigenvalue weighted by Crippen LogP contribution is 2.20. The fourth-order valence-corrected chi connectivity index (χ4v) is 2.90. The topological polar surface area (TPSA) is 98.9 Å². The first kappa shape index (κ1) is 17.5. The Kier molecular flexibility index (Phi) is 5.21. The monoisotopic (exact) mass is 356 g/mol. The van der Waals surface area contributed by atoms with Crippen LogP contribution in [0.3, 0.4) is 0 Å². The van der Waals surface area contributed by atoms with E-state index < -0.39 is 4.92 Å². The Labute approximate surface area is 150 Å². The number of rotatable bonds is 5. The molecule has 3 rings (SSSR count). The average Bonchev–Trinajstić information content (AvgIpc) is 2.67. The van der Waals surface area contributed by atoms with Crippen molar-refractivity contribution in [2.45, 2.75) is 0 Å². The molecule has 0 radical (unpaired) electrons. The number of aromatic hydroxyl groups is 1. The fourth-order valence-electron chi connectivity index (χ4n) is 2.90. The Morgan fingerprint density at radius 3 is 2.46 bits per heavy atom. The van der Waals surface area contributed by atoms with E-state index in [0.717, 1.165) is 5.69 Å². The summed E-state index contributed by atoms with van der Waals surface area (Å²) in [7, 11) is 0. The second-order valence-electron chi connectivity index (χ2n) is 6.05. The molecule has 0 spiro atoms. The van der Waals surface area contributed by atoms with Gasteiger partial charge in [-0.3, -0.25) is 14.9 Å². The number of piperazine rings is 1. The molecule has 8 heteroatoms. The lowest BCUT2D eigenvalue weighted by atomic mass is 10.2. The maximum absolute atomic E-state index is 12.4. The number of hydrogen-bond donors (Lipinski definition) is 2. The van der Waals surface area contributed by atoms with Gasteiger partial charge >= 0.3 is 0 Å². The van der Waals surface area contributed by atoms with Crippen molar-refractivity contribution in [2.24, 2.45) is 0 Å². The van der Waals surface area contributed by atoms with Crippen molar-refractivity contribution >= 4 is 23.0 Å². The van der Waals surface area contributed by atoms with Crippen LogP contribution in [-0.2, 0) is 4.79 Å². The van der Waals surface area contributed by atoms with Crippen molar-refractivity contribution in [2.75, 3.05) is 42.9 Å². The number of nitro benzene ring substituents is 1. The summed E-state index contributed by atoms with van der Waals surface area (Å²) in [5.74, 6) is 0.191. The number of phenolic OH excluding ortho intramolecular Hbond substituents is 1. The van der Waals surface area contributed by atoms with Gasteiger partial charge in [0.2, 0.25) is 5.91 Å². The summed E-state index contributed by atoms with van der Waals surface area (Å²) in [5, 5.41) is 23.1. The molecule has 1 amide bonds. The van der Waals surface area contributed by atoms with Crippen LogP contribution in [0.15, 0.2) is 48.5 Å². The third kappa shape index (κ3) is 4.21. The highest BCUT2D eigenvalue weighted by molar-refractivity contribution is 5.81. The van der Waals surface area contributed by atoms with Gasteiger partial charge in [0.1, 0.15) is 5.75 Å². The molecule has 136 valence electrons. The lowest BCUT2D eigenvalue weighted by Gasteiger charge is -2.36. The van der Waals surface area contributed by atoms with Gasteiger partial charge in [-0.2, -0.15) is 0 Å². The van der Waals surface area contributed by atoms with E-state index in [4.69, 9.17) is 0 Å². The molecule has 2 N–H and O–H groups in total. The van der Waals surface area contributed by atoms with Gasteiger partial charge in [-0.1, -0.05) is 6.07 Å². The van der Waals surface area contributed by atoms with Crippen molar-refractivity contribution < 1.29 is 14.8 Å². The van der Waals surface area contributed by atoms with Crippen molar-refractivity contribution in [3.63, 3.8) is 0 Å². The maximum Gasteiger partial charge on any atom is 0.271 e. The number of nitrogens with one attached hydrogen (secondary N) is 1. The summed E-state index contributed by atoms with van der Waals surface area (Å²) < 4.78 is 0. The summed E-state index contributed by atoms with van der Waals surface area (Å²) in [6.45, 7) is 2.74. The van der Waals surface area contributed by atoms with Crippen LogP contribution in [0.4, 0.5) is 17.1 Å². The minimum absolute atomic E-state index is 0.00930. The zero-order valence-electron chi connectivity index (χ0n) is 14.2. The SMILES string of the molecule is O=C(CNc1cccc([N+](=O)[O-])c1)N1CCN(c2ccc(O)cc2)CC1. The molecule has 8 nitrogen and oxygen atoms in total. The molecule has 0 bridgehead atoms. The summed E-state index contributed by atoms with van der Waals surface area (Å²) in [6, 6.07) is 13.1. The van der Waals surface area contributed by atoms with Crippen molar-refractivity contribution in [3.8, 4) is 5.75 Å². The number of non-ortho nitro benzene ring substituents is 1. The molecule has 0 unspecified atom stereocenters. The van der Waals surface area contributed by atoms with Gasteiger partial charge in [-0.25, -0.2) is 0 Å². The van der Waals surface area contributed by atoms with Gasteiger partial charge in [0, 0.05) is 49.7 Å². The summed E-state index contributed by atoms with van der Waals surface area (Å²) >= 11 is 0. The first-order valence-corrected chi connectivity index (χ1v) is 8.33. The fraction of sp³-hybridized carbons (Fsp3) is 0.278. The van der Waals surface area contributed by atoms with E-state index in [9.17, 15) is 20.0 Å². The minimum atomic E-state index is -0.463. The molecule has 0 aliphatic carbocycles. The maximum atomic E-state index is 12.4. The molecule has 2 aromatic carbocycles. The van der Waals surface area contributed by atoms with Gasteiger partial charge in [-0.15, -0.1) is 0 Å². The number of carbonyl (C=O) groups is 1. The lowest BCUT2D eigenvalue weighted by molar-refractivity contribution is -0.384. The number of phenols is 1. The van der Waals surface area contributed by atoms with Gasteiger partial charge in [-0.05, 0) is 30.3 Å². The average molecular weight is 356 g/mol. The molecule has 0 saturated carbocycles. The first-order chi connectivity index (χ1) is 12.5. The molecule has 0 atom stereocenters. The molecule has 1 fully saturated rings. The summed E-state index contributed by atoms with van der Waals surface area (Å²) in [6.07, 6.45) is 0. The number of anilines is 2. The smallest absolute Gasteiger partial charge is 0.271 e. The molecule has 1 saturated heterocycles. The zero-order chi connectivity index (χ0) is 18.5. The Hall–Kier alpha value is -3.29. The normalized spacial score (nSPS) is 14.2. The Balaban J connectivity index is 1.50. The van der Waals surface area contributed by atoms with Gasteiger partial charge < -0.3 is 20.2 Å². The predicted octanol–water partition coefficient (Wildman–Crippen LogP) is 2.06. The first-order valence-electron chi connectivity index (χ1n) is 8.33. The number of nitrogens with zero attached hydrogens (tertiary/aromatic N) is 3. The second kappa shape index (κ2) is 7.73. The minimum Gasteiger partial charge on any atom is -0.508 e. The summed E-state index contributed by atoms with van der Waals surface area (Å²) in [4.78, 5) is 26.6. The number of benzene rings is 2. The van der Waals surface area contributed by atoms with Crippen molar-refractivity contribution in [1.82, 2.24) is 4.90 Å². The molecule has 2 aromatic rings. The third-order valence-electron chi connectivity index (χ3n) is 4.35. The van der Waals surface area contributed by atoms with Crippen molar-refractivity contribution in [3.05, 3.63) is 58.6 Å². The largest absolute Gasteiger partial charge is 0.508 e. The molecular weight excluding hydrogens is 336 g/mol. The molecule has 1 aliphatic heterocycles. The van der Waals surface area contributed by atoms with Gasteiger partial charge in [0.25, 0.3) is 5.69 Å². The highest BCUT2D eigenvalue weighted by Gasteiger charge is 2.21. The Morgan fingerprint density at radius 1 is 1.12 bits per heavy atom. The van der Waals surface area contributed by atoms with Crippen LogP contribution < -0.4 is 10.2 Å². The number of hydrogen-bond acceptors (Lipinski definition) is 6. The number of amides is 1. The van der Waals surface area contributed by atoms with E-state index in [2.05, 4.69) is 10.2 Å². The van der Waals surface area contributed by atoms with E-state index in [1.54, 1.807) is 29.2 Å². The van der Waals surface area contributed by atoms with E-state index in [1.165, 1.54) is 12.1 Å². The molecule has 1 aliphatic rings. The van der Waals surface area contributed by atoms with Crippen LogP contribution in [0.1, 0.15) is 0 Å². The lowest BCUT2D eigenvalue weighted by Crippen LogP contribution is -2.50. The number of nitro groups is 1. The van der Waals surface area contributed by atoms with Crippen molar-refractivity contribution in [1.29, 1.82) is 0 Å². The van der Waals surface area contributed by atoms with Gasteiger partial charge in [0.15, 0.2) is 0 Å². The van der Waals surface area contributed by atoms with Crippen LogP contribution in [0.5, 0.6) is 5.75 Å². The quantitative estimate of drug-likeness (QED) is 0.628. The standard InChI is InChI=1S/C18H20N4O4/c23-17-6-4-15(5-7-17)20-8-10-21(11-9-20)18(24)13-19-14-2-1-3-16(12-14)22(25)26/h1-7,12,19,23H,8-11,13H2. The third-order valence-corrected chi connectivity index (χ3v) is 4.35. The van der Waals surface area contributed by atoms with E-state index in [1.807, 2.05) is 12.1 Å². The Bertz CT molecular complexity index is 786. The molecule has 1 heterocycles. The zero-order valence-corrected chi connectivity index (χ0v) is 14.2. The molecule has 26 heavy (non-hydrogen) atoms.